The van der Waals surface area contributed by atoms with Crippen molar-refractivity contribution >= 4 is 17.4 Å². The van der Waals surface area contributed by atoms with Crippen LogP contribution in [-0.4, -0.2) is 61.5 Å². The summed E-state index contributed by atoms with van der Waals surface area (Å²) >= 11 is 0. The topological polar surface area (TPSA) is 75.9 Å². The zero-order valence-electron chi connectivity index (χ0n) is 17.8. The molecule has 3 aliphatic rings. The van der Waals surface area contributed by atoms with E-state index >= 15 is 4.39 Å². The Labute approximate surface area is 187 Å². The molecule has 3 aromatic rings. The van der Waals surface area contributed by atoms with Gasteiger partial charge in [0.2, 0.25) is 0 Å². The molecular weight excluding hydrogens is 437 g/mol. The normalized spacial score (nSPS) is 29.5. The van der Waals surface area contributed by atoms with Gasteiger partial charge in [0.05, 0.1) is 24.5 Å². The molecule has 0 N–H and O–H groups in total. The Morgan fingerprint density at radius 2 is 2.03 bits per heavy atom. The van der Waals surface area contributed by atoms with Gasteiger partial charge in [0, 0.05) is 25.4 Å². The Balaban J connectivity index is 1.27. The van der Waals surface area contributed by atoms with Crippen LogP contribution in [0.3, 0.4) is 0 Å². The third-order valence-corrected chi connectivity index (χ3v) is 7.01. The number of pyridine rings is 1. The zero-order valence-corrected chi connectivity index (χ0v) is 17.8. The maximum Gasteiger partial charge on any atom is 0.260 e. The number of nitrogens with zero attached hydrogens (tertiary/aromatic N) is 6. The molecule has 3 aromatic heterocycles. The lowest BCUT2D eigenvalue weighted by atomic mass is 9.88. The molecule has 3 aliphatic heterocycles. The lowest BCUT2D eigenvalue weighted by Gasteiger charge is -2.40. The van der Waals surface area contributed by atoms with Gasteiger partial charge in [-0.05, 0) is 37.5 Å². The van der Waals surface area contributed by atoms with Gasteiger partial charge in [0.15, 0.2) is 23.2 Å². The smallest absolute Gasteiger partial charge is 0.260 e. The van der Waals surface area contributed by atoms with Gasteiger partial charge in [0.25, 0.3) is 5.91 Å². The molecule has 0 saturated carbocycles. The molecule has 3 fully saturated rings. The van der Waals surface area contributed by atoms with E-state index in [1.54, 1.807) is 29.0 Å². The van der Waals surface area contributed by atoms with E-state index in [4.69, 9.17) is 4.74 Å². The van der Waals surface area contributed by atoms with Crippen LogP contribution in [-0.2, 0) is 9.53 Å². The number of halogens is 3. The van der Waals surface area contributed by atoms with Gasteiger partial charge in [-0.15, -0.1) is 0 Å². The lowest BCUT2D eigenvalue weighted by molar-refractivity contribution is -0.148. The number of anilines is 1. The number of hydrogen-bond acceptors (Lipinski definition) is 6. The van der Waals surface area contributed by atoms with E-state index < -0.39 is 41.6 Å². The third kappa shape index (κ3) is 2.87. The number of hydrogen-bond donors (Lipinski definition) is 0. The minimum atomic E-state index is -1.61. The molecule has 0 aliphatic carbocycles. The van der Waals surface area contributed by atoms with E-state index in [-0.39, 0.29) is 24.3 Å². The van der Waals surface area contributed by atoms with Crippen LogP contribution in [0.4, 0.5) is 19.0 Å². The fraction of sp³-hybridized carbons (Fsp3) is 0.455. The molecule has 6 rings (SSSR count). The fourth-order valence-electron chi connectivity index (χ4n) is 5.27. The van der Waals surface area contributed by atoms with Crippen molar-refractivity contribution in [3.8, 4) is 0 Å². The summed E-state index contributed by atoms with van der Waals surface area (Å²) in [6.07, 6.45) is 3.18. The summed E-state index contributed by atoms with van der Waals surface area (Å²) in [5.74, 6) is -0.918. The fourth-order valence-corrected chi connectivity index (χ4v) is 5.27. The van der Waals surface area contributed by atoms with Gasteiger partial charge in [-0.1, -0.05) is 0 Å². The van der Waals surface area contributed by atoms with Crippen LogP contribution in [0.2, 0.25) is 0 Å². The highest BCUT2D eigenvalue weighted by Crippen LogP contribution is 2.48. The first-order valence-corrected chi connectivity index (χ1v) is 10.9. The Hall–Kier alpha value is -3.21. The van der Waals surface area contributed by atoms with Crippen molar-refractivity contribution in [1.29, 1.82) is 0 Å². The number of piperidine rings is 1. The number of ether oxygens (including phenoxy) is 1. The minimum Gasteiger partial charge on any atom is -0.353 e. The Morgan fingerprint density at radius 3 is 2.82 bits per heavy atom. The highest BCUT2D eigenvalue weighted by Gasteiger charge is 2.62. The molecule has 11 heteroatoms. The number of aryl methyl sites for hydroxylation is 1. The summed E-state index contributed by atoms with van der Waals surface area (Å²) < 4.78 is 51.1. The zero-order chi connectivity index (χ0) is 22.9. The van der Waals surface area contributed by atoms with Crippen molar-refractivity contribution in [1.82, 2.24) is 24.5 Å². The van der Waals surface area contributed by atoms with Crippen LogP contribution >= 0.6 is 0 Å². The Bertz CT molecular complexity index is 1270. The third-order valence-electron chi connectivity index (χ3n) is 7.01. The van der Waals surface area contributed by atoms with Crippen LogP contribution in [0.5, 0.6) is 0 Å². The number of rotatable bonds is 2. The molecule has 0 bridgehead atoms. The van der Waals surface area contributed by atoms with Crippen LogP contribution in [0.1, 0.15) is 36.6 Å². The molecule has 172 valence electrons. The molecule has 2 unspecified atom stereocenters. The van der Waals surface area contributed by atoms with Crippen molar-refractivity contribution in [3.63, 3.8) is 0 Å². The van der Waals surface area contributed by atoms with Crippen molar-refractivity contribution in [2.45, 2.75) is 50.2 Å². The summed E-state index contributed by atoms with van der Waals surface area (Å²) in [6, 6.07) is 2.62. The first kappa shape index (κ1) is 20.4. The second-order valence-electron chi connectivity index (χ2n) is 8.80. The largest absolute Gasteiger partial charge is 0.353 e. The van der Waals surface area contributed by atoms with Crippen LogP contribution < -0.4 is 4.90 Å². The molecule has 6 heterocycles. The average molecular weight is 458 g/mol. The number of fused-ring (bicyclic) bond motifs is 2. The maximum absolute atomic E-state index is 15.7. The predicted octanol–water partition coefficient (Wildman–Crippen LogP) is 2.72. The number of alkyl halides is 1. The molecule has 33 heavy (non-hydrogen) atoms. The number of carbonyl (C=O) groups excluding carboxylic acids is 1. The Morgan fingerprint density at radius 1 is 1.18 bits per heavy atom. The highest BCUT2D eigenvalue weighted by atomic mass is 19.1. The standard InChI is InChI=1S/C22H21F3N6O2/c1-12-14(23)8-13(9-27-12)16-2-3-19-30(16)21(32)22(33-19)5-7-29(11-17(22)25)18-4-6-26-20-15(24)10-28-31(18)20/h4,6,8-10,16-17,19H,2-3,5,7,11H2,1H3/t16-,17?,19+,22?/m0/s1. The predicted molar refractivity (Wildman–Crippen MR) is 110 cm³/mol. The molecule has 1 spiro atoms. The van der Waals surface area contributed by atoms with Crippen molar-refractivity contribution in [3.05, 3.63) is 53.6 Å². The Kier molecular flexibility index (Phi) is 4.42. The SMILES string of the molecule is Cc1ncc([C@@H]2CC[C@H]3OC4(CCN(c5ccnc6c(F)cnn56)CC4F)C(=O)N32)cc1F. The second kappa shape index (κ2) is 7.14. The van der Waals surface area contributed by atoms with Gasteiger partial charge in [-0.3, -0.25) is 9.78 Å². The highest BCUT2D eigenvalue weighted by molar-refractivity contribution is 5.89. The first-order chi connectivity index (χ1) is 15.9. The van der Waals surface area contributed by atoms with Gasteiger partial charge in [-0.25, -0.2) is 18.2 Å². The van der Waals surface area contributed by atoms with Crippen molar-refractivity contribution < 1.29 is 22.7 Å². The van der Waals surface area contributed by atoms with E-state index in [0.29, 0.717) is 30.8 Å². The molecule has 4 atom stereocenters. The summed E-state index contributed by atoms with van der Waals surface area (Å²) in [6.45, 7) is 1.78. The van der Waals surface area contributed by atoms with Crippen LogP contribution in [0, 0.1) is 18.6 Å². The van der Waals surface area contributed by atoms with Gasteiger partial charge < -0.3 is 14.5 Å². The summed E-state index contributed by atoms with van der Waals surface area (Å²) in [7, 11) is 0. The lowest BCUT2D eigenvalue weighted by Crippen LogP contribution is -2.59. The molecule has 3 saturated heterocycles. The van der Waals surface area contributed by atoms with Gasteiger partial charge in [-0.2, -0.15) is 9.61 Å². The number of carbonyl (C=O) groups is 1. The minimum absolute atomic E-state index is 0.0545. The monoisotopic (exact) mass is 458 g/mol. The summed E-state index contributed by atoms with van der Waals surface area (Å²) in [4.78, 5) is 24.8. The van der Waals surface area contributed by atoms with Crippen LogP contribution in [0.25, 0.3) is 5.65 Å². The summed E-state index contributed by atoms with van der Waals surface area (Å²) in [5, 5.41) is 4.00. The van der Waals surface area contributed by atoms with E-state index in [2.05, 4.69) is 15.1 Å². The molecular formula is C22H21F3N6O2. The van der Waals surface area contributed by atoms with Crippen molar-refractivity contribution in [2.24, 2.45) is 0 Å². The van der Waals surface area contributed by atoms with Crippen LogP contribution in [0.15, 0.2) is 30.7 Å². The molecule has 1 amide bonds. The van der Waals surface area contributed by atoms with E-state index in [1.807, 2.05) is 0 Å². The number of aromatic nitrogens is 4. The van der Waals surface area contributed by atoms with Crippen molar-refractivity contribution in [2.75, 3.05) is 18.0 Å². The van der Waals surface area contributed by atoms with Gasteiger partial charge in [0.1, 0.15) is 17.9 Å². The molecule has 8 nitrogen and oxygen atoms in total. The molecule has 0 aromatic carbocycles. The van der Waals surface area contributed by atoms with E-state index in [0.717, 1.165) is 6.20 Å². The number of amides is 1. The van der Waals surface area contributed by atoms with Gasteiger partial charge >= 0.3 is 0 Å². The maximum atomic E-state index is 15.7. The summed E-state index contributed by atoms with van der Waals surface area (Å²) in [5.41, 5.74) is -0.661. The molecule has 0 radical (unpaired) electrons. The second-order valence-corrected chi connectivity index (χ2v) is 8.80. The van der Waals surface area contributed by atoms with E-state index in [9.17, 15) is 13.6 Å². The van der Waals surface area contributed by atoms with E-state index in [1.165, 1.54) is 16.8 Å². The quantitative estimate of drug-likeness (QED) is 0.588. The average Bonchev–Trinajstić information content (AvgIpc) is 3.47. The first-order valence-electron chi connectivity index (χ1n) is 10.9.